The maximum atomic E-state index is 10.9. The van der Waals surface area contributed by atoms with Crippen molar-refractivity contribution in [3.8, 4) is 5.75 Å². The lowest BCUT2D eigenvalue weighted by molar-refractivity contribution is -0.123. The first-order valence-electron chi connectivity index (χ1n) is 4.11. The molecule has 0 fully saturated rings. The van der Waals surface area contributed by atoms with Gasteiger partial charge in [0.15, 0.2) is 5.75 Å². The fourth-order valence-corrected chi connectivity index (χ4v) is 0.951. The van der Waals surface area contributed by atoms with E-state index in [0.29, 0.717) is 5.75 Å². The van der Waals surface area contributed by atoms with E-state index in [4.69, 9.17) is 16.2 Å². The van der Waals surface area contributed by atoms with Crippen LogP contribution in [-0.2, 0) is 11.3 Å². The number of methoxy groups -OCH3 is 1. The maximum Gasteiger partial charge on any atom is 0.239 e. The van der Waals surface area contributed by atoms with E-state index in [0.717, 1.165) is 0 Å². The molecule has 1 aromatic rings. The van der Waals surface area contributed by atoms with Gasteiger partial charge < -0.3 is 16.2 Å². The first kappa shape index (κ1) is 10.5. The average molecular weight is 198 g/mol. The summed E-state index contributed by atoms with van der Waals surface area (Å²) in [7, 11) is 1.54. The number of hydrogen-bond acceptors (Lipinski definition) is 4. The van der Waals surface area contributed by atoms with Gasteiger partial charge in [-0.05, 0) is 6.92 Å². The van der Waals surface area contributed by atoms with Crippen molar-refractivity contribution < 1.29 is 9.53 Å². The molecule has 0 aliphatic heterocycles. The van der Waals surface area contributed by atoms with E-state index >= 15 is 0 Å². The van der Waals surface area contributed by atoms with Gasteiger partial charge in [-0.3, -0.25) is 9.48 Å². The predicted molar refractivity (Wildman–Crippen MR) is 50.6 cm³/mol. The van der Waals surface area contributed by atoms with Gasteiger partial charge in [-0.2, -0.15) is 5.10 Å². The molecule has 1 unspecified atom stereocenters. The zero-order valence-corrected chi connectivity index (χ0v) is 8.23. The van der Waals surface area contributed by atoms with Gasteiger partial charge >= 0.3 is 0 Å². The highest BCUT2D eigenvalue weighted by Gasteiger charge is 2.26. The van der Waals surface area contributed by atoms with Gasteiger partial charge in [-0.25, -0.2) is 0 Å². The van der Waals surface area contributed by atoms with E-state index in [1.165, 1.54) is 18.0 Å². The number of ether oxygens (including phenoxy) is 1. The number of nitrogens with two attached hydrogens (primary N) is 2. The Bertz CT molecular complexity index is 332. The Labute approximate surface area is 81.8 Å². The standard InChI is InChI=1S/C8H14N4O2/c1-8(10,7(9)13)5-12-4-6(14-2)3-11-12/h3-4H,5,10H2,1-2H3,(H2,9,13). The Morgan fingerprint density at radius 2 is 2.43 bits per heavy atom. The summed E-state index contributed by atoms with van der Waals surface area (Å²) in [6.45, 7) is 1.79. The predicted octanol–water partition coefficient (Wildman–Crippen LogP) is -0.906. The number of carbonyl (C=O) groups excluding carboxylic acids is 1. The summed E-state index contributed by atoms with van der Waals surface area (Å²) in [5.74, 6) is 0.0530. The van der Waals surface area contributed by atoms with E-state index in [9.17, 15) is 4.79 Å². The van der Waals surface area contributed by atoms with Crippen LogP contribution in [0.5, 0.6) is 5.75 Å². The zero-order valence-electron chi connectivity index (χ0n) is 8.23. The van der Waals surface area contributed by atoms with Gasteiger partial charge in [0.05, 0.1) is 26.0 Å². The van der Waals surface area contributed by atoms with E-state index in [2.05, 4.69) is 5.10 Å². The van der Waals surface area contributed by atoms with Crippen LogP contribution in [0.15, 0.2) is 12.4 Å². The highest BCUT2D eigenvalue weighted by atomic mass is 16.5. The van der Waals surface area contributed by atoms with Crippen LogP contribution in [0.1, 0.15) is 6.92 Å². The molecular weight excluding hydrogens is 184 g/mol. The Kier molecular flexibility index (Phi) is 2.76. The van der Waals surface area contributed by atoms with Crippen LogP contribution in [-0.4, -0.2) is 28.3 Å². The Hall–Kier alpha value is -1.56. The van der Waals surface area contributed by atoms with Crippen molar-refractivity contribution in [2.75, 3.05) is 7.11 Å². The number of amides is 1. The molecule has 1 amide bonds. The Balaban J connectivity index is 2.73. The number of primary amides is 1. The van der Waals surface area contributed by atoms with Crippen LogP contribution in [0.2, 0.25) is 0 Å². The minimum Gasteiger partial charge on any atom is -0.493 e. The molecule has 0 saturated carbocycles. The van der Waals surface area contributed by atoms with E-state index in [-0.39, 0.29) is 6.54 Å². The second kappa shape index (κ2) is 3.67. The fraction of sp³-hybridized carbons (Fsp3) is 0.500. The quantitative estimate of drug-likeness (QED) is 0.655. The van der Waals surface area contributed by atoms with Crippen molar-refractivity contribution in [1.29, 1.82) is 0 Å². The molecule has 1 atom stereocenters. The summed E-state index contributed by atoms with van der Waals surface area (Å²) in [6.07, 6.45) is 3.19. The molecular formula is C8H14N4O2. The van der Waals surface area contributed by atoms with Crippen molar-refractivity contribution in [2.24, 2.45) is 11.5 Å². The van der Waals surface area contributed by atoms with Crippen LogP contribution in [0.4, 0.5) is 0 Å². The summed E-state index contributed by atoms with van der Waals surface area (Å²) in [5, 5.41) is 3.96. The molecule has 0 bridgehead atoms. The molecule has 4 N–H and O–H groups in total. The van der Waals surface area contributed by atoms with Gasteiger partial charge in [0.25, 0.3) is 0 Å². The summed E-state index contributed by atoms with van der Waals surface area (Å²) >= 11 is 0. The van der Waals surface area contributed by atoms with E-state index < -0.39 is 11.4 Å². The first-order chi connectivity index (χ1) is 6.45. The highest BCUT2D eigenvalue weighted by Crippen LogP contribution is 2.09. The largest absolute Gasteiger partial charge is 0.493 e. The molecule has 0 aliphatic rings. The molecule has 1 aromatic heterocycles. The normalized spacial score (nSPS) is 14.8. The molecule has 0 radical (unpaired) electrons. The fourth-order valence-electron chi connectivity index (χ4n) is 0.951. The molecule has 0 saturated heterocycles. The van der Waals surface area contributed by atoms with Gasteiger partial charge in [0, 0.05) is 0 Å². The molecule has 78 valence electrons. The number of hydrogen-bond donors (Lipinski definition) is 2. The second-order valence-electron chi connectivity index (χ2n) is 3.36. The lowest BCUT2D eigenvalue weighted by atomic mass is 10.0. The minimum absolute atomic E-state index is 0.228. The lowest BCUT2D eigenvalue weighted by Crippen LogP contribution is -2.52. The lowest BCUT2D eigenvalue weighted by Gasteiger charge is -2.19. The van der Waals surface area contributed by atoms with Crippen molar-refractivity contribution in [1.82, 2.24) is 9.78 Å². The van der Waals surface area contributed by atoms with Crippen LogP contribution in [0.3, 0.4) is 0 Å². The number of rotatable bonds is 4. The monoisotopic (exact) mass is 198 g/mol. The third-order valence-electron chi connectivity index (χ3n) is 1.90. The Morgan fingerprint density at radius 1 is 1.79 bits per heavy atom. The second-order valence-corrected chi connectivity index (χ2v) is 3.36. The smallest absolute Gasteiger partial charge is 0.239 e. The molecule has 6 heteroatoms. The van der Waals surface area contributed by atoms with Gasteiger partial charge in [-0.1, -0.05) is 0 Å². The van der Waals surface area contributed by atoms with Gasteiger partial charge in [-0.15, -0.1) is 0 Å². The summed E-state index contributed by atoms with van der Waals surface area (Å²) in [5.41, 5.74) is 9.69. The first-order valence-corrected chi connectivity index (χ1v) is 4.11. The number of aromatic nitrogens is 2. The van der Waals surface area contributed by atoms with Crippen LogP contribution >= 0.6 is 0 Å². The third kappa shape index (κ3) is 2.23. The van der Waals surface area contributed by atoms with Crippen molar-refractivity contribution >= 4 is 5.91 Å². The molecule has 0 spiro atoms. The average Bonchev–Trinajstić information content (AvgIpc) is 2.51. The number of carbonyl (C=O) groups is 1. The summed E-state index contributed by atoms with van der Waals surface area (Å²) < 4.78 is 6.45. The van der Waals surface area contributed by atoms with E-state index in [1.807, 2.05) is 0 Å². The Morgan fingerprint density at radius 3 is 2.86 bits per heavy atom. The van der Waals surface area contributed by atoms with E-state index in [1.54, 1.807) is 13.1 Å². The molecule has 0 aliphatic carbocycles. The molecule has 1 heterocycles. The van der Waals surface area contributed by atoms with Crippen LogP contribution in [0, 0.1) is 0 Å². The van der Waals surface area contributed by atoms with Crippen molar-refractivity contribution in [3.05, 3.63) is 12.4 Å². The topological polar surface area (TPSA) is 96.2 Å². The van der Waals surface area contributed by atoms with Crippen LogP contribution in [0.25, 0.3) is 0 Å². The van der Waals surface area contributed by atoms with Crippen molar-refractivity contribution in [2.45, 2.75) is 19.0 Å². The zero-order chi connectivity index (χ0) is 10.8. The third-order valence-corrected chi connectivity index (χ3v) is 1.90. The minimum atomic E-state index is -1.10. The summed E-state index contributed by atoms with van der Waals surface area (Å²) in [6, 6.07) is 0. The molecule has 0 aromatic carbocycles. The summed E-state index contributed by atoms with van der Waals surface area (Å²) in [4.78, 5) is 10.9. The molecule has 1 rings (SSSR count). The van der Waals surface area contributed by atoms with Gasteiger partial charge in [0.2, 0.25) is 5.91 Å². The van der Waals surface area contributed by atoms with Crippen molar-refractivity contribution in [3.63, 3.8) is 0 Å². The van der Waals surface area contributed by atoms with Crippen LogP contribution < -0.4 is 16.2 Å². The molecule has 6 nitrogen and oxygen atoms in total. The number of nitrogens with zero attached hydrogens (tertiary/aromatic N) is 2. The van der Waals surface area contributed by atoms with Gasteiger partial charge in [0.1, 0.15) is 5.54 Å². The highest BCUT2D eigenvalue weighted by molar-refractivity contribution is 5.83. The molecule has 14 heavy (non-hydrogen) atoms. The maximum absolute atomic E-state index is 10.9. The SMILES string of the molecule is COc1cnn(CC(C)(N)C(N)=O)c1.